The van der Waals surface area contributed by atoms with Gasteiger partial charge in [0.2, 0.25) is 5.91 Å². The maximum absolute atomic E-state index is 12.6. The third-order valence-corrected chi connectivity index (χ3v) is 4.30. The predicted octanol–water partition coefficient (Wildman–Crippen LogP) is 3.34. The number of ketones is 1. The Morgan fingerprint density at radius 3 is 2.44 bits per heavy atom. The van der Waals surface area contributed by atoms with Crippen molar-refractivity contribution in [3.05, 3.63) is 23.8 Å². The van der Waals surface area contributed by atoms with Gasteiger partial charge in [-0.05, 0) is 43.9 Å². The van der Waals surface area contributed by atoms with E-state index >= 15 is 0 Å². The van der Waals surface area contributed by atoms with Crippen molar-refractivity contribution in [2.24, 2.45) is 5.41 Å². The molecule has 0 bridgehead atoms. The highest BCUT2D eigenvalue weighted by molar-refractivity contribution is 6.04. The minimum Gasteiger partial charge on any atom is -0.482 e. The molecule has 6 nitrogen and oxygen atoms in total. The lowest BCUT2D eigenvalue weighted by Crippen LogP contribution is -2.51. The van der Waals surface area contributed by atoms with Gasteiger partial charge in [-0.15, -0.1) is 0 Å². The van der Waals surface area contributed by atoms with Gasteiger partial charge in [-0.3, -0.25) is 19.3 Å². The van der Waals surface area contributed by atoms with E-state index in [1.54, 1.807) is 25.1 Å². The van der Waals surface area contributed by atoms with E-state index in [1.807, 2.05) is 13.8 Å². The lowest BCUT2D eigenvalue weighted by Gasteiger charge is -2.35. The summed E-state index contributed by atoms with van der Waals surface area (Å²) in [6, 6.07) is 5.00. The highest BCUT2D eigenvalue weighted by Gasteiger charge is 2.31. The first-order valence-electron chi connectivity index (χ1n) is 9.33. The van der Waals surface area contributed by atoms with Gasteiger partial charge in [0.25, 0.3) is 5.91 Å². The lowest BCUT2D eigenvalue weighted by molar-refractivity contribution is -0.126. The van der Waals surface area contributed by atoms with Crippen LogP contribution in [-0.2, 0) is 9.59 Å². The van der Waals surface area contributed by atoms with Crippen LogP contribution < -0.4 is 15.0 Å². The number of Topliss-reactive ketones (excluding diaryl/α,β-unsaturated/α-hetero) is 1. The minimum absolute atomic E-state index is 0.0217. The number of hydrogen-bond acceptors (Lipinski definition) is 4. The Kier molecular flexibility index (Phi) is 5.97. The van der Waals surface area contributed by atoms with Crippen LogP contribution in [0.3, 0.4) is 0 Å². The summed E-state index contributed by atoms with van der Waals surface area (Å²) in [7, 11) is 0. The Balaban J connectivity index is 2.20. The predicted molar refractivity (Wildman–Crippen MR) is 105 cm³/mol. The molecule has 0 aliphatic carbocycles. The zero-order valence-electron chi connectivity index (χ0n) is 17.1. The van der Waals surface area contributed by atoms with E-state index in [1.165, 1.54) is 4.90 Å². The Morgan fingerprint density at radius 2 is 1.85 bits per heavy atom. The molecule has 0 aromatic heterocycles. The quantitative estimate of drug-likeness (QED) is 0.775. The van der Waals surface area contributed by atoms with Crippen molar-refractivity contribution in [3.8, 4) is 5.75 Å². The van der Waals surface area contributed by atoms with E-state index in [9.17, 15) is 14.4 Å². The first-order valence-corrected chi connectivity index (χ1v) is 9.33. The van der Waals surface area contributed by atoms with E-state index in [2.05, 4.69) is 26.1 Å². The van der Waals surface area contributed by atoms with E-state index in [4.69, 9.17) is 4.74 Å². The molecule has 0 saturated heterocycles. The number of nitrogens with one attached hydrogen (secondary N) is 1. The summed E-state index contributed by atoms with van der Waals surface area (Å²) >= 11 is 0. The van der Waals surface area contributed by atoms with Crippen molar-refractivity contribution in [1.82, 2.24) is 5.32 Å². The monoisotopic (exact) mass is 374 g/mol. The lowest BCUT2D eigenvalue weighted by atomic mass is 9.82. The van der Waals surface area contributed by atoms with Gasteiger partial charge in [-0.25, -0.2) is 0 Å². The maximum Gasteiger partial charge on any atom is 0.265 e. The third-order valence-electron chi connectivity index (χ3n) is 4.30. The first kappa shape index (κ1) is 20.9. The van der Waals surface area contributed by atoms with Crippen molar-refractivity contribution < 1.29 is 19.1 Å². The molecule has 0 atom stereocenters. The van der Waals surface area contributed by atoms with Crippen LogP contribution in [0, 0.1) is 5.41 Å². The van der Waals surface area contributed by atoms with Gasteiger partial charge in [-0.2, -0.15) is 0 Å². The van der Waals surface area contributed by atoms with E-state index in [0.717, 1.165) is 6.42 Å². The number of benzene rings is 1. The number of ether oxygens (including phenoxy) is 1. The molecule has 1 N–H and O–H groups in total. The van der Waals surface area contributed by atoms with Crippen molar-refractivity contribution in [1.29, 1.82) is 0 Å². The average Bonchev–Trinajstić information content (AvgIpc) is 2.53. The normalized spacial score (nSPS) is 14.4. The van der Waals surface area contributed by atoms with Gasteiger partial charge in [0.05, 0.1) is 5.69 Å². The molecular weight excluding hydrogens is 344 g/mol. The molecule has 1 aromatic carbocycles. The fourth-order valence-electron chi connectivity index (χ4n) is 3.68. The van der Waals surface area contributed by atoms with Crippen LogP contribution in [0.2, 0.25) is 0 Å². The molecule has 1 heterocycles. The number of fused-ring (bicyclic) bond motifs is 1. The largest absolute Gasteiger partial charge is 0.482 e. The Labute approximate surface area is 161 Å². The van der Waals surface area contributed by atoms with Crippen LogP contribution in [0.5, 0.6) is 5.75 Å². The molecule has 0 fully saturated rings. The van der Waals surface area contributed by atoms with Crippen molar-refractivity contribution in [2.75, 3.05) is 18.1 Å². The van der Waals surface area contributed by atoms with Gasteiger partial charge in [0.1, 0.15) is 12.3 Å². The molecule has 1 aliphatic rings. The molecule has 27 heavy (non-hydrogen) atoms. The number of carbonyl (C=O) groups is 3. The molecule has 0 spiro atoms. The SMILES string of the molecule is CCC(=O)c1ccc2c(c1)N(CC(=O)NC(C)(C)CC(C)(C)C)C(=O)CO2. The zero-order chi connectivity index (χ0) is 20.4. The maximum atomic E-state index is 12.6. The Hall–Kier alpha value is -2.37. The molecule has 0 saturated carbocycles. The summed E-state index contributed by atoms with van der Waals surface area (Å²) in [5, 5.41) is 3.02. The molecule has 1 aromatic rings. The second-order valence-electron chi connectivity index (χ2n) is 8.90. The van der Waals surface area contributed by atoms with Crippen LogP contribution >= 0.6 is 0 Å². The Bertz CT molecular complexity index is 747. The molecule has 2 rings (SSSR count). The fourth-order valence-corrected chi connectivity index (χ4v) is 3.68. The minimum atomic E-state index is -0.395. The number of amides is 2. The van der Waals surface area contributed by atoms with Gasteiger partial charge in [0.15, 0.2) is 12.4 Å². The van der Waals surface area contributed by atoms with Crippen molar-refractivity contribution in [2.45, 2.75) is 59.9 Å². The van der Waals surface area contributed by atoms with Gasteiger partial charge >= 0.3 is 0 Å². The summed E-state index contributed by atoms with van der Waals surface area (Å²) in [4.78, 5) is 38.4. The zero-order valence-corrected chi connectivity index (χ0v) is 17.1. The number of rotatable bonds is 6. The number of carbonyl (C=O) groups excluding carboxylic acids is 3. The van der Waals surface area contributed by atoms with Crippen LogP contribution in [0.15, 0.2) is 18.2 Å². The molecule has 148 valence electrons. The first-order chi connectivity index (χ1) is 12.4. The summed E-state index contributed by atoms with van der Waals surface area (Å²) < 4.78 is 5.45. The average molecular weight is 374 g/mol. The smallest absolute Gasteiger partial charge is 0.265 e. The molecular formula is C21H30N2O4. The molecule has 1 aliphatic heterocycles. The summed E-state index contributed by atoms with van der Waals surface area (Å²) in [6.45, 7) is 11.9. The molecule has 6 heteroatoms. The third kappa shape index (κ3) is 5.55. The van der Waals surface area contributed by atoms with E-state index in [0.29, 0.717) is 23.4 Å². The summed E-state index contributed by atoms with van der Waals surface area (Å²) in [6.07, 6.45) is 1.17. The van der Waals surface area contributed by atoms with Crippen LogP contribution in [0.25, 0.3) is 0 Å². The van der Waals surface area contributed by atoms with Crippen LogP contribution in [0.4, 0.5) is 5.69 Å². The van der Waals surface area contributed by atoms with Crippen molar-refractivity contribution >= 4 is 23.3 Å². The summed E-state index contributed by atoms with van der Waals surface area (Å²) in [5.74, 6) is -0.0550. The second kappa shape index (κ2) is 7.71. The van der Waals surface area contributed by atoms with E-state index < -0.39 is 5.54 Å². The molecule has 0 unspecified atom stereocenters. The summed E-state index contributed by atoms with van der Waals surface area (Å²) in [5.41, 5.74) is 0.642. The van der Waals surface area contributed by atoms with E-state index in [-0.39, 0.29) is 36.2 Å². The van der Waals surface area contributed by atoms with Gasteiger partial charge in [-0.1, -0.05) is 27.7 Å². The van der Waals surface area contributed by atoms with Gasteiger partial charge < -0.3 is 10.1 Å². The topological polar surface area (TPSA) is 75.7 Å². The fraction of sp³-hybridized carbons (Fsp3) is 0.571. The number of anilines is 1. The Morgan fingerprint density at radius 1 is 1.19 bits per heavy atom. The highest BCUT2D eigenvalue weighted by Crippen LogP contribution is 2.33. The molecule has 2 amide bonds. The second-order valence-corrected chi connectivity index (χ2v) is 8.90. The molecule has 0 radical (unpaired) electrons. The van der Waals surface area contributed by atoms with Crippen LogP contribution in [0.1, 0.15) is 64.7 Å². The van der Waals surface area contributed by atoms with Crippen LogP contribution in [-0.4, -0.2) is 36.3 Å². The number of nitrogens with zero attached hydrogens (tertiary/aromatic N) is 1. The van der Waals surface area contributed by atoms with Gasteiger partial charge in [0, 0.05) is 17.5 Å². The highest BCUT2D eigenvalue weighted by atomic mass is 16.5. The standard InChI is InChI=1S/C21H30N2O4/c1-7-16(24)14-8-9-17-15(10-14)23(19(26)12-27-17)11-18(25)22-21(5,6)13-20(2,3)4/h8-10H,7,11-13H2,1-6H3,(H,22,25). The number of hydrogen-bond donors (Lipinski definition) is 1. The van der Waals surface area contributed by atoms with Crippen molar-refractivity contribution in [3.63, 3.8) is 0 Å².